The summed E-state index contributed by atoms with van der Waals surface area (Å²) in [5, 5.41) is 16.9. The number of amides is 2. The molecule has 3 N–H and O–H groups in total. The minimum atomic E-state index is -0.730. The van der Waals surface area contributed by atoms with Crippen molar-refractivity contribution in [1.29, 1.82) is 5.26 Å². The number of nitriles is 1. The molecule has 1 saturated heterocycles. The summed E-state index contributed by atoms with van der Waals surface area (Å²) in [6.07, 6.45) is 1.24. The third kappa shape index (κ3) is 4.32. The second kappa shape index (κ2) is 8.22. The predicted molar refractivity (Wildman–Crippen MR) is 106 cm³/mol. The van der Waals surface area contributed by atoms with Crippen LogP contribution >= 0.6 is 0 Å². The SMILES string of the molecule is CC(C)COC(=O)N1CC(CC#N)(n2cc(C(N)=O)c(Nc3ccccc3)n2)C1. The Morgan fingerprint density at radius 1 is 1.34 bits per heavy atom. The summed E-state index contributed by atoms with van der Waals surface area (Å²) in [6, 6.07) is 11.4. The number of ether oxygens (including phenoxy) is 1. The van der Waals surface area contributed by atoms with Crippen LogP contribution in [0.4, 0.5) is 16.3 Å². The van der Waals surface area contributed by atoms with Gasteiger partial charge in [-0.05, 0) is 18.1 Å². The van der Waals surface area contributed by atoms with E-state index in [2.05, 4.69) is 16.5 Å². The van der Waals surface area contributed by atoms with Crippen molar-refractivity contribution < 1.29 is 14.3 Å². The molecule has 0 atom stereocenters. The third-order valence-electron chi connectivity index (χ3n) is 4.68. The summed E-state index contributed by atoms with van der Waals surface area (Å²) < 4.78 is 6.81. The first-order valence-corrected chi connectivity index (χ1v) is 9.35. The molecule has 1 aromatic heterocycles. The minimum absolute atomic E-state index is 0.131. The number of nitrogens with two attached hydrogens (primary N) is 1. The van der Waals surface area contributed by atoms with E-state index in [1.54, 1.807) is 4.68 Å². The van der Waals surface area contributed by atoms with Crippen molar-refractivity contribution in [1.82, 2.24) is 14.7 Å². The summed E-state index contributed by atoms with van der Waals surface area (Å²) >= 11 is 0. The van der Waals surface area contributed by atoms with Gasteiger partial charge in [-0.2, -0.15) is 10.4 Å². The van der Waals surface area contributed by atoms with E-state index < -0.39 is 17.5 Å². The molecule has 3 rings (SSSR count). The van der Waals surface area contributed by atoms with E-state index in [9.17, 15) is 14.9 Å². The zero-order valence-electron chi connectivity index (χ0n) is 16.5. The Hall–Kier alpha value is -3.54. The number of nitrogens with one attached hydrogen (secondary N) is 1. The van der Waals surface area contributed by atoms with Crippen molar-refractivity contribution in [3.63, 3.8) is 0 Å². The summed E-state index contributed by atoms with van der Waals surface area (Å²) in [5.41, 5.74) is 5.76. The number of hydrogen-bond acceptors (Lipinski definition) is 6. The monoisotopic (exact) mass is 396 g/mol. The molecule has 2 amide bonds. The van der Waals surface area contributed by atoms with Crippen molar-refractivity contribution in [3.8, 4) is 6.07 Å². The smallest absolute Gasteiger partial charge is 0.409 e. The van der Waals surface area contributed by atoms with E-state index in [1.165, 1.54) is 11.1 Å². The molecule has 0 unspecified atom stereocenters. The van der Waals surface area contributed by atoms with Gasteiger partial charge in [0.25, 0.3) is 5.91 Å². The van der Waals surface area contributed by atoms with Gasteiger partial charge in [0.15, 0.2) is 5.82 Å². The van der Waals surface area contributed by atoms with E-state index >= 15 is 0 Å². The molecule has 9 heteroatoms. The third-order valence-corrected chi connectivity index (χ3v) is 4.68. The van der Waals surface area contributed by atoms with E-state index in [1.807, 2.05) is 44.2 Å². The molecule has 2 heterocycles. The number of rotatable bonds is 7. The molecule has 2 aromatic rings. The van der Waals surface area contributed by atoms with Crippen LogP contribution in [0.5, 0.6) is 0 Å². The average Bonchev–Trinajstić information content (AvgIpc) is 3.07. The van der Waals surface area contributed by atoms with Gasteiger partial charge in [0.1, 0.15) is 11.1 Å². The van der Waals surface area contributed by atoms with Crippen molar-refractivity contribution in [2.75, 3.05) is 25.0 Å². The normalized spacial score (nSPS) is 14.8. The molecule has 0 radical (unpaired) electrons. The van der Waals surface area contributed by atoms with Crippen LogP contribution in [0.15, 0.2) is 36.5 Å². The number of benzene rings is 1. The van der Waals surface area contributed by atoms with Gasteiger partial charge in [-0.25, -0.2) is 4.79 Å². The maximum atomic E-state index is 12.2. The van der Waals surface area contributed by atoms with Crippen molar-refractivity contribution in [2.45, 2.75) is 25.8 Å². The van der Waals surface area contributed by atoms with Gasteiger partial charge in [0, 0.05) is 11.9 Å². The van der Waals surface area contributed by atoms with Gasteiger partial charge < -0.3 is 20.7 Å². The van der Waals surface area contributed by atoms with Gasteiger partial charge >= 0.3 is 6.09 Å². The van der Waals surface area contributed by atoms with Gasteiger partial charge in [0.2, 0.25) is 0 Å². The molecule has 1 aliphatic heterocycles. The fraction of sp³-hybridized carbons (Fsp3) is 0.400. The summed E-state index contributed by atoms with van der Waals surface area (Å²) in [4.78, 5) is 25.6. The number of aromatic nitrogens is 2. The van der Waals surface area contributed by atoms with Crippen LogP contribution in [0.2, 0.25) is 0 Å². The molecule has 0 spiro atoms. The molecule has 1 fully saturated rings. The summed E-state index contributed by atoms with van der Waals surface area (Å²) in [5.74, 6) is -0.0869. The van der Waals surface area contributed by atoms with Crippen LogP contribution in [-0.4, -0.2) is 46.4 Å². The largest absolute Gasteiger partial charge is 0.449 e. The Morgan fingerprint density at radius 3 is 2.62 bits per heavy atom. The van der Waals surface area contributed by atoms with E-state index in [4.69, 9.17) is 10.5 Å². The predicted octanol–water partition coefficient (Wildman–Crippen LogP) is 2.44. The maximum absolute atomic E-state index is 12.2. The molecule has 0 bridgehead atoms. The second-order valence-corrected chi connectivity index (χ2v) is 7.58. The van der Waals surface area contributed by atoms with Crippen molar-refractivity contribution in [2.24, 2.45) is 11.7 Å². The number of carbonyl (C=O) groups is 2. The second-order valence-electron chi connectivity index (χ2n) is 7.58. The van der Waals surface area contributed by atoms with Crippen LogP contribution < -0.4 is 11.1 Å². The highest BCUT2D eigenvalue weighted by Crippen LogP contribution is 2.34. The van der Waals surface area contributed by atoms with Gasteiger partial charge in [0.05, 0.1) is 32.2 Å². The molecule has 152 valence electrons. The first kappa shape index (κ1) is 20.2. The average molecular weight is 396 g/mol. The van der Waals surface area contributed by atoms with Crippen LogP contribution in [0.1, 0.15) is 30.6 Å². The van der Waals surface area contributed by atoms with Crippen LogP contribution in [0.25, 0.3) is 0 Å². The summed E-state index contributed by atoms with van der Waals surface area (Å²) in [7, 11) is 0. The highest BCUT2D eigenvalue weighted by Gasteiger charge is 2.48. The number of nitrogens with zero attached hydrogens (tertiary/aromatic N) is 4. The molecular weight excluding hydrogens is 372 g/mol. The van der Waals surface area contributed by atoms with Gasteiger partial charge in [-0.3, -0.25) is 9.48 Å². The Balaban J connectivity index is 1.82. The van der Waals surface area contributed by atoms with Crippen LogP contribution in [0, 0.1) is 17.2 Å². The number of anilines is 2. The van der Waals surface area contributed by atoms with E-state index in [-0.39, 0.29) is 31.0 Å². The lowest BCUT2D eigenvalue weighted by Crippen LogP contribution is -2.64. The molecule has 0 aliphatic carbocycles. The first-order chi connectivity index (χ1) is 13.8. The molecule has 0 saturated carbocycles. The highest BCUT2D eigenvalue weighted by molar-refractivity contribution is 5.98. The lowest BCUT2D eigenvalue weighted by molar-refractivity contribution is -0.00298. The fourth-order valence-electron chi connectivity index (χ4n) is 3.16. The Kier molecular flexibility index (Phi) is 5.73. The zero-order valence-corrected chi connectivity index (χ0v) is 16.5. The van der Waals surface area contributed by atoms with Gasteiger partial charge in [-0.1, -0.05) is 32.0 Å². The molecule has 1 aliphatic rings. The molecule has 1 aromatic carbocycles. The molecular formula is C20H24N6O3. The Labute approximate surface area is 169 Å². The van der Waals surface area contributed by atoms with Crippen molar-refractivity contribution in [3.05, 3.63) is 42.1 Å². The zero-order chi connectivity index (χ0) is 21.0. The standard InChI is InChI=1S/C20H24N6O3/c1-14(2)11-29-19(28)25-12-20(13-25,8-9-21)26-10-16(17(22)27)18(24-26)23-15-6-4-3-5-7-15/h3-7,10,14H,8,11-13H2,1-2H3,(H2,22,27)(H,23,24). The number of carbonyl (C=O) groups excluding carboxylic acids is 2. The quantitative estimate of drug-likeness (QED) is 0.740. The maximum Gasteiger partial charge on any atom is 0.409 e. The van der Waals surface area contributed by atoms with E-state index in [0.29, 0.717) is 12.4 Å². The lowest BCUT2D eigenvalue weighted by Gasteiger charge is -2.48. The van der Waals surface area contributed by atoms with Crippen molar-refractivity contribution >= 4 is 23.5 Å². The minimum Gasteiger partial charge on any atom is -0.449 e. The summed E-state index contributed by atoms with van der Waals surface area (Å²) in [6.45, 7) is 4.78. The highest BCUT2D eigenvalue weighted by atomic mass is 16.6. The number of hydrogen-bond donors (Lipinski definition) is 2. The fourth-order valence-corrected chi connectivity index (χ4v) is 3.16. The Morgan fingerprint density at radius 2 is 2.03 bits per heavy atom. The van der Waals surface area contributed by atoms with Crippen LogP contribution in [0.3, 0.4) is 0 Å². The van der Waals surface area contributed by atoms with Crippen LogP contribution in [-0.2, 0) is 10.3 Å². The van der Waals surface area contributed by atoms with E-state index in [0.717, 1.165) is 5.69 Å². The molecule has 29 heavy (non-hydrogen) atoms. The number of likely N-dealkylation sites (tertiary alicyclic amines) is 1. The molecule has 9 nitrogen and oxygen atoms in total. The first-order valence-electron chi connectivity index (χ1n) is 9.35. The topological polar surface area (TPSA) is 126 Å². The lowest BCUT2D eigenvalue weighted by atomic mass is 9.87. The van der Waals surface area contributed by atoms with Gasteiger partial charge in [-0.15, -0.1) is 0 Å². The number of primary amides is 1. The Bertz CT molecular complexity index is 925. The number of para-hydroxylation sites is 1.